The van der Waals surface area contributed by atoms with Gasteiger partial charge in [0.25, 0.3) is 0 Å². The topological polar surface area (TPSA) is 102 Å². The van der Waals surface area contributed by atoms with Gasteiger partial charge in [0.1, 0.15) is 6.10 Å². The van der Waals surface area contributed by atoms with E-state index in [0.717, 1.165) is 9.75 Å². The summed E-state index contributed by atoms with van der Waals surface area (Å²) < 4.78 is 17.3. The van der Waals surface area contributed by atoms with Crippen molar-refractivity contribution in [1.82, 2.24) is 4.90 Å². The van der Waals surface area contributed by atoms with Crippen LogP contribution in [0.1, 0.15) is 29.0 Å². The van der Waals surface area contributed by atoms with Crippen LogP contribution in [-0.2, 0) is 28.6 Å². The Balaban J connectivity index is 1.86. The average Bonchev–Trinajstić information content (AvgIpc) is 3.39. The first kappa shape index (κ1) is 20.4. The quantitative estimate of drug-likeness (QED) is 0.679. The fourth-order valence-corrected chi connectivity index (χ4v) is 5.92. The summed E-state index contributed by atoms with van der Waals surface area (Å²) >= 11 is 2.94. The van der Waals surface area contributed by atoms with E-state index >= 15 is 0 Å². The molecule has 2 aromatic rings. The molecule has 162 valence electrons. The SMILES string of the molecule is CN1CCC2OC(=O)CC3(O)CC(=O)OC1(OC3=O)C2=C(c1cccs1)c1cccs1. The average molecular weight is 462 g/mol. The molecule has 3 bridgehead atoms. The van der Waals surface area contributed by atoms with Gasteiger partial charge in [-0.1, -0.05) is 12.1 Å². The van der Waals surface area contributed by atoms with Crippen molar-refractivity contribution in [2.45, 2.75) is 36.9 Å². The molecule has 0 amide bonds. The zero-order valence-corrected chi connectivity index (χ0v) is 18.2. The largest absolute Gasteiger partial charge is 0.457 e. The molecule has 1 spiro atoms. The number of piperidine rings is 1. The number of esters is 3. The minimum Gasteiger partial charge on any atom is -0.457 e. The number of carbonyl (C=O) groups is 3. The van der Waals surface area contributed by atoms with Gasteiger partial charge in [-0.25, -0.2) is 9.69 Å². The van der Waals surface area contributed by atoms with Crippen LogP contribution in [0, 0.1) is 0 Å². The molecule has 3 unspecified atom stereocenters. The van der Waals surface area contributed by atoms with E-state index in [9.17, 15) is 19.5 Å². The maximum absolute atomic E-state index is 13.0. The molecule has 3 aliphatic heterocycles. The fourth-order valence-electron chi connectivity index (χ4n) is 4.26. The van der Waals surface area contributed by atoms with Gasteiger partial charge in [-0.05, 0) is 29.9 Å². The molecule has 31 heavy (non-hydrogen) atoms. The van der Waals surface area contributed by atoms with Crippen LogP contribution in [0.3, 0.4) is 0 Å². The molecule has 1 N–H and O–H groups in total. The molecule has 0 aliphatic carbocycles. The number of aliphatic hydroxyl groups is 1. The third-order valence-electron chi connectivity index (χ3n) is 5.71. The van der Waals surface area contributed by atoms with Gasteiger partial charge in [0.15, 0.2) is 5.60 Å². The summed E-state index contributed by atoms with van der Waals surface area (Å²) in [6.07, 6.45) is -1.77. The highest BCUT2D eigenvalue weighted by atomic mass is 32.1. The predicted molar refractivity (Wildman–Crippen MR) is 111 cm³/mol. The highest BCUT2D eigenvalue weighted by Gasteiger charge is 2.62. The van der Waals surface area contributed by atoms with Crippen molar-refractivity contribution in [1.29, 1.82) is 0 Å². The number of likely N-dealkylation sites (tertiary alicyclic amines) is 1. The second-order valence-electron chi connectivity index (χ2n) is 7.76. The summed E-state index contributed by atoms with van der Waals surface area (Å²) in [5.41, 5.74) is -1.29. The van der Waals surface area contributed by atoms with Gasteiger partial charge < -0.3 is 19.3 Å². The Morgan fingerprint density at radius 3 is 2.32 bits per heavy atom. The first-order chi connectivity index (χ1) is 14.8. The lowest BCUT2D eigenvalue weighted by molar-refractivity contribution is -0.271. The van der Waals surface area contributed by atoms with Crippen LogP contribution in [0.2, 0.25) is 0 Å². The molecule has 0 radical (unpaired) electrons. The molecule has 2 aromatic heterocycles. The zero-order valence-electron chi connectivity index (χ0n) is 16.5. The summed E-state index contributed by atoms with van der Waals surface area (Å²) in [6.45, 7) is 0.336. The van der Waals surface area contributed by atoms with Crippen LogP contribution in [0.4, 0.5) is 0 Å². The Morgan fingerprint density at radius 2 is 1.71 bits per heavy atom. The molecule has 8 nitrogen and oxygen atoms in total. The third kappa shape index (κ3) is 3.21. The molecule has 0 saturated carbocycles. The molecule has 10 heteroatoms. The Kier molecular flexibility index (Phi) is 4.78. The number of nitrogens with zero attached hydrogens (tertiary/aromatic N) is 1. The molecular formula is C21H19NO7S2. The number of hydrogen-bond donors (Lipinski definition) is 1. The maximum Gasteiger partial charge on any atom is 0.349 e. The number of rotatable bonds is 2. The summed E-state index contributed by atoms with van der Waals surface area (Å²) in [6, 6.07) is 7.58. The zero-order chi connectivity index (χ0) is 21.8. The molecule has 0 aromatic carbocycles. The lowest BCUT2D eigenvalue weighted by atomic mass is 9.90. The number of fused-ring (bicyclic) bond motifs is 3. The fraction of sp³-hybridized carbons (Fsp3) is 0.381. The van der Waals surface area contributed by atoms with Gasteiger partial charge in [-0.2, -0.15) is 0 Å². The van der Waals surface area contributed by atoms with Crippen molar-refractivity contribution in [2.75, 3.05) is 13.6 Å². The first-order valence-electron chi connectivity index (χ1n) is 9.73. The summed E-state index contributed by atoms with van der Waals surface area (Å²) in [7, 11) is 1.67. The van der Waals surface area contributed by atoms with E-state index in [1.165, 1.54) is 22.7 Å². The van der Waals surface area contributed by atoms with Crippen LogP contribution in [0.5, 0.6) is 0 Å². The molecule has 3 saturated heterocycles. The Morgan fingerprint density at radius 1 is 1.06 bits per heavy atom. The lowest BCUT2D eigenvalue weighted by Gasteiger charge is -2.46. The van der Waals surface area contributed by atoms with Gasteiger partial charge in [0, 0.05) is 28.3 Å². The van der Waals surface area contributed by atoms with E-state index in [1.807, 2.05) is 35.0 Å². The Hall–Kier alpha value is -2.53. The van der Waals surface area contributed by atoms with Crippen molar-refractivity contribution in [2.24, 2.45) is 0 Å². The van der Waals surface area contributed by atoms with E-state index in [1.54, 1.807) is 11.9 Å². The molecule has 3 atom stereocenters. The number of ether oxygens (including phenoxy) is 3. The summed E-state index contributed by atoms with van der Waals surface area (Å²) in [5, 5.41) is 14.6. The van der Waals surface area contributed by atoms with E-state index < -0.39 is 48.4 Å². The third-order valence-corrected chi connectivity index (χ3v) is 7.48. The van der Waals surface area contributed by atoms with Gasteiger partial charge in [-0.15, -0.1) is 22.7 Å². The summed E-state index contributed by atoms with van der Waals surface area (Å²) in [5.74, 6) is -4.62. The monoisotopic (exact) mass is 461 g/mol. The van der Waals surface area contributed by atoms with Gasteiger partial charge in [0.2, 0.25) is 0 Å². The smallest absolute Gasteiger partial charge is 0.349 e. The van der Waals surface area contributed by atoms with Crippen molar-refractivity contribution in [3.63, 3.8) is 0 Å². The molecule has 5 rings (SSSR count). The Bertz CT molecular complexity index is 1040. The maximum atomic E-state index is 13.0. The number of hydrogen-bond acceptors (Lipinski definition) is 10. The van der Waals surface area contributed by atoms with Crippen LogP contribution in [0.25, 0.3) is 5.57 Å². The number of thiophene rings is 2. The standard InChI is InChI=1S/C21H19NO7S2/c1-22-7-6-12-18(17(13-4-2-8-30-13)14-5-3-9-31-14)21(22)28-16(24)11-20(26,19(25)29-21)10-15(23)27-12/h2-5,8-9,12,26H,6-7,10-11H2,1H3. The number of carbonyl (C=O) groups excluding carboxylic acids is 3. The van der Waals surface area contributed by atoms with Crippen molar-refractivity contribution >= 4 is 46.2 Å². The first-order valence-corrected chi connectivity index (χ1v) is 11.5. The second kappa shape index (κ2) is 7.27. The highest BCUT2D eigenvalue weighted by molar-refractivity contribution is 7.13. The van der Waals surface area contributed by atoms with E-state index in [0.29, 0.717) is 24.1 Å². The van der Waals surface area contributed by atoms with Crippen LogP contribution < -0.4 is 0 Å². The van der Waals surface area contributed by atoms with Gasteiger partial charge >= 0.3 is 23.8 Å². The minimum atomic E-state index is -2.34. The van der Waals surface area contributed by atoms with Crippen LogP contribution >= 0.6 is 22.7 Å². The van der Waals surface area contributed by atoms with Crippen LogP contribution in [0.15, 0.2) is 40.6 Å². The van der Waals surface area contributed by atoms with E-state index in [4.69, 9.17) is 14.2 Å². The number of likely N-dealkylation sites (N-methyl/N-ethyl adjacent to an activating group) is 1. The Labute approximate surface area is 185 Å². The lowest BCUT2D eigenvalue weighted by Crippen LogP contribution is -2.60. The normalized spacial score (nSPS) is 31.1. The molecular weight excluding hydrogens is 442 g/mol. The van der Waals surface area contributed by atoms with Gasteiger partial charge in [0.05, 0.1) is 18.4 Å². The van der Waals surface area contributed by atoms with Crippen molar-refractivity contribution < 1.29 is 33.7 Å². The van der Waals surface area contributed by atoms with E-state index in [-0.39, 0.29) is 0 Å². The van der Waals surface area contributed by atoms with Crippen LogP contribution in [-0.4, -0.2) is 59.1 Å². The van der Waals surface area contributed by atoms with Crippen molar-refractivity contribution in [3.05, 3.63) is 50.4 Å². The van der Waals surface area contributed by atoms with Gasteiger partial charge in [-0.3, -0.25) is 9.59 Å². The molecule has 3 aliphatic rings. The molecule has 3 fully saturated rings. The summed E-state index contributed by atoms with van der Waals surface area (Å²) in [4.78, 5) is 41.8. The second-order valence-corrected chi connectivity index (χ2v) is 9.66. The van der Waals surface area contributed by atoms with E-state index in [2.05, 4.69) is 0 Å². The molecule has 5 heterocycles. The van der Waals surface area contributed by atoms with Crippen molar-refractivity contribution in [3.8, 4) is 0 Å². The minimum absolute atomic E-state index is 0.336. The predicted octanol–water partition coefficient (Wildman–Crippen LogP) is 2.14. The highest BCUT2D eigenvalue weighted by Crippen LogP contribution is 2.48.